The predicted molar refractivity (Wildman–Crippen MR) is 83.6 cm³/mol. The van der Waals surface area contributed by atoms with Crippen LogP contribution in [-0.4, -0.2) is 38.9 Å². The van der Waals surface area contributed by atoms with Crippen LogP contribution in [0.5, 0.6) is 0 Å². The number of hydrogen-bond acceptors (Lipinski definition) is 4. The van der Waals surface area contributed by atoms with Crippen molar-refractivity contribution in [2.24, 2.45) is 5.92 Å². The largest absolute Gasteiger partial charge is 0.313 e. The summed E-state index contributed by atoms with van der Waals surface area (Å²) in [4.78, 5) is 4.40. The SMILES string of the molecule is CCCn1ncnc1CC(CSCC(C)C)NCC. The van der Waals surface area contributed by atoms with Gasteiger partial charge in [0, 0.05) is 24.8 Å². The van der Waals surface area contributed by atoms with E-state index >= 15 is 0 Å². The fraction of sp³-hybridized carbons (Fsp3) is 0.857. The lowest BCUT2D eigenvalue weighted by molar-refractivity contribution is 0.512. The van der Waals surface area contributed by atoms with Crippen LogP contribution in [0, 0.1) is 5.92 Å². The van der Waals surface area contributed by atoms with Crippen LogP contribution in [0.15, 0.2) is 6.33 Å². The van der Waals surface area contributed by atoms with Gasteiger partial charge in [0.2, 0.25) is 0 Å². The van der Waals surface area contributed by atoms with E-state index in [1.165, 1.54) is 5.75 Å². The summed E-state index contributed by atoms with van der Waals surface area (Å²) in [5.41, 5.74) is 0. The third-order valence-electron chi connectivity index (χ3n) is 2.82. The smallest absolute Gasteiger partial charge is 0.138 e. The Morgan fingerprint density at radius 1 is 1.32 bits per heavy atom. The Kier molecular flexibility index (Phi) is 8.14. The molecule has 110 valence electrons. The van der Waals surface area contributed by atoms with Crippen molar-refractivity contribution < 1.29 is 0 Å². The van der Waals surface area contributed by atoms with Crippen LogP contribution in [0.3, 0.4) is 0 Å². The van der Waals surface area contributed by atoms with E-state index in [4.69, 9.17) is 0 Å². The molecule has 0 radical (unpaired) electrons. The first-order valence-corrected chi connectivity index (χ1v) is 8.50. The zero-order valence-electron chi connectivity index (χ0n) is 12.7. The number of thioether (sulfide) groups is 1. The third kappa shape index (κ3) is 6.43. The van der Waals surface area contributed by atoms with Gasteiger partial charge in [0.15, 0.2) is 0 Å². The van der Waals surface area contributed by atoms with Gasteiger partial charge in [-0.15, -0.1) is 0 Å². The first kappa shape index (κ1) is 16.5. The second-order valence-electron chi connectivity index (χ2n) is 5.29. The van der Waals surface area contributed by atoms with Crippen molar-refractivity contribution in [3.8, 4) is 0 Å². The lowest BCUT2D eigenvalue weighted by Gasteiger charge is -2.18. The van der Waals surface area contributed by atoms with E-state index in [9.17, 15) is 0 Å². The number of nitrogens with zero attached hydrogens (tertiary/aromatic N) is 3. The number of likely N-dealkylation sites (N-methyl/N-ethyl adjacent to an activating group) is 1. The molecular formula is C14H28N4S. The maximum Gasteiger partial charge on any atom is 0.138 e. The highest BCUT2D eigenvalue weighted by atomic mass is 32.2. The van der Waals surface area contributed by atoms with Crippen molar-refractivity contribution in [1.29, 1.82) is 0 Å². The summed E-state index contributed by atoms with van der Waals surface area (Å²) in [6.07, 6.45) is 3.75. The van der Waals surface area contributed by atoms with Crippen LogP contribution in [0.25, 0.3) is 0 Å². The van der Waals surface area contributed by atoms with E-state index in [0.717, 1.165) is 43.4 Å². The standard InChI is InChI=1S/C14H28N4S/c1-5-7-18-14(16-11-17-18)8-13(15-6-2)10-19-9-12(3)4/h11-13,15H,5-10H2,1-4H3. The van der Waals surface area contributed by atoms with Crippen LogP contribution < -0.4 is 5.32 Å². The Hall–Kier alpha value is -0.550. The molecule has 1 N–H and O–H groups in total. The molecule has 0 saturated carbocycles. The van der Waals surface area contributed by atoms with E-state index in [0.29, 0.717) is 6.04 Å². The Morgan fingerprint density at radius 3 is 2.74 bits per heavy atom. The molecule has 1 unspecified atom stereocenters. The van der Waals surface area contributed by atoms with Crippen LogP contribution in [0.1, 0.15) is 39.9 Å². The molecule has 5 heteroatoms. The highest BCUT2D eigenvalue weighted by Gasteiger charge is 2.13. The van der Waals surface area contributed by atoms with Crippen molar-refractivity contribution >= 4 is 11.8 Å². The van der Waals surface area contributed by atoms with Crippen LogP contribution in [0.4, 0.5) is 0 Å². The third-order valence-corrected chi connectivity index (χ3v) is 4.36. The summed E-state index contributed by atoms with van der Waals surface area (Å²) in [5, 5.41) is 7.86. The van der Waals surface area contributed by atoms with Crippen LogP contribution in [0.2, 0.25) is 0 Å². The van der Waals surface area contributed by atoms with Gasteiger partial charge in [-0.1, -0.05) is 27.7 Å². The fourth-order valence-electron chi connectivity index (χ4n) is 1.99. The minimum absolute atomic E-state index is 0.494. The second kappa shape index (κ2) is 9.37. The molecule has 0 aliphatic carbocycles. The van der Waals surface area contributed by atoms with Gasteiger partial charge in [0.1, 0.15) is 12.2 Å². The molecule has 19 heavy (non-hydrogen) atoms. The molecule has 0 aliphatic heterocycles. The number of aryl methyl sites for hydroxylation is 1. The van der Waals surface area contributed by atoms with E-state index in [1.54, 1.807) is 6.33 Å². The average Bonchev–Trinajstić information content (AvgIpc) is 2.77. The fourth-order valence-corrected chi connectivity index (χ4v) is 3.12. The summed E-state index contributed by atoms with van der Waals surface area (Å²) in [6.45, 7) is 10.9. The van der Waals surface area contributed by atoms with Gasteiger partial charge in [-0.3, -0.25) is 4.68 Å². The molecule has 0 bridgehead atoms. The first-order valence-electron chi connectivity index (χ1n) is 7.35. The van der Waals surface area contributed by atoms with Crippen molar-refractivity contribution in [1.82, 2.24) is 20.1 Å². The Bertz CT molecular complexity index is 338. The van der Waals surface area contributed by atoms with Gasteiger partial charge in [-0.25, -0.2) is 4.98 Å². The lowest BCUT2D eigenvalue weighted by Crippen LogP contribution is -2.34. The predicted octanol–water partition coefficient (Wildman–Crippen LogP) is 2.60. The lowest BCUT2D eigenvalue weighted by atomic mass is 10.2. The molecule has 0 spiro atoms. The Labute approximate surface area is 121 Å². The first-order chi connectivity index (χ1) is 9.17. The monoisotopic (exact) mass is 284 g/mol. The molecule has 1 aromatic heterocycles. The number of nitrogens with one attached hydrogen (secondary N) is 1. The molecule has 1 aromatic rings. The number of hydrogen-bond donors (Lipinski definition) is 1. The quantitative estimate of drug-likeness (QED) is 0.717. The molecule has 1 atom stereocenters. The molecular weight excluding hydrogens is 256 g/mol. The zero-order valence-corrected chi connectivity index (χ0v) is 13.5. The maximum atomic E-state index is 4.40. The normalized spacial score (nSPS) is 13.1. The summed E-state index contributed by atoms with van der Waals surface area (Å²) in [5.74, 6) is 4.24. The minimum Gasteiger partial charge on any atom is -0.313 e. The number of rotatable bonds is 10. The van der Waals surface area contributed by atoms with Gasteiger partial charge in [-0.2, -0.15) is 16.9 Å². The van der Waals surface area contributed by atoms with E-state index in [-0.39, 0.29) is 0 Å². The molecule has 0 aromatic carbocycles. The molecule has 0 saturated heterocycles. The van der Waals surface area contributed by atoms with E-state index in [2.05, 4.69) is 43.1 Å². The second-order valence-corrected chi connectivity index (χ2v) is 6.36. The summed E-state index contributed by atoms with van der Waals surface area (Å²) < 4.78 is 2.04. The van der Waals surface area contributed by atoms with Crippen molar-refractivity contribution in [2.75, 3.05) is 18.1 Å². The number of aromatic nitrogens is 3. The van der Waals surface area contributed by atoms with Gasteiger partial charge in [0.25, 0.3) is 0 Å². The summed E-state index contributed by atoms with van der Waals surface area (Å²) >= 11 is 2.03. The van der Waals surface area contributed by atoms with E-state index < -0.39 is 0 Å². The highest BCUT2D eigenvalue weighted by Crippen LogP contribution is 2.11. The molecule has 0 fully saturated rings. The van der Waals surface area contributed by atoms with Crippen molar-refractivity contribution in [3.63, 3.8) is 0 Å². The Balaban J connectivity index is 2.49. The van der Waals surface area contributed by atoms with Gasteiger partial charge in [0.05, 0.1) is 0 Å². The average molecular weight is 284 g/mol. The highest BCUT2D eigenvalue weighted by molar-refractivity contribution is 7.99. The van der Waals surface area contributed by atoms with E-state index in [1.807, 2.05) is 16.4 Å². The molecule has 0 amide bonds. The molecule has 0 aliphatic rings. The summed E-state index contributed by atoms with van der Waals surface area (Å²) in [6, 6.07) is 0.494. The van der Waals surface area contributed by atoms with Crippen LogP contribution in [-0.2, 0) is 13.0 Å². The topological polar surface area (TPSA) is 42.7 Å². The van der Waals surface area contributed by atoms with Crippen molar-refractivity contribution in [3.05, 3.63) is 12.2 Å². The maximum absolute atomic E-state index is 4.40. The zero-order chi connectivity index (χ0) is 14.1. The molecule has 4 nitrogen and oxygen atoms in total. The van der Waals surface area contributed by atoms with Gasteiger partial charge < -0.3 is 5.32 Å². The minimum atomic E-state index is 0.494. The summed E-state index contributed by atoms with van der Waals surface area (Å²) in [7, 11) is 0. The Morgan fingerprint density at radius 2 is 2.11 bits per heavy atom. The van der Waals surface area contributed by atoms with Gasteiger partial charge >= 0.3 is 0 Å². The molecule has 1 rings (SSSR count). The van der Waals surface area contributed by atoms with Crippen molar-refractivity contribution in [2.45, 2.75) is 53.1 Å². The van der Waals surface area contributed by atoms with Crippen LogP contribution >= 0.6 is 11.8 Å². The molecule has 1 heterocycles. The van der Waals surface area contributed by atoms with Gasteiger partial charge in [-0.05, 0) is 24.6 Å².